The summed E-state index contributed by atoms with van der Waals surface area (Å²) in [5, 5.41) is 0. The predicted octanol–water partition coefficient (Wildman–Crippen LogP) is 0.893. The van der Waals surface area contributed by atoms with Crippen LogP contribution in [-0.4, -0.2) is 54.5 Å². The molecule has 1 aliphatic carbocycles. The van der Waals surface area contributed by atoms with Gasteiger partial charge in [0.05, 0.1) is 0 Å². The zero-order valence-corrected chi connectivity index (χ0v) is 12.8. The molecule has 1 atom stereocenters. The lowest BCUT2D eigenvalue weighted by Crippen LogP contribution is -2.54. The number of amides is 1. The zero-order chi connectivity index (χ0) is 14.8. The third-order valence-corrected chi connectivity index (χ3v) is 4.99. The van der Waals surface area contributed by atoms with Crippen LogP contribution in [0.25, 0.3) is 0 Å². The summed E-state index contributed by atoms with van der Waals surface area (Å²) < 4.78 is 0. The number of carbonyl (C=O) groups excluding carboxylic acids is 1. The molecule has 2 aliphatic rings. The van der Waals surface area contributed by atoms with Crippen molar-refractivity contribution in [3.63, 3.8) is 0 Å². The van der Waals surface area contributed by atoms with E-state index in [4.69, 9.17) is 5.73 Å². The monoisotopic (exact) mass is 287 g/mol. The first-order valence-electron chi connectivity index (χ1n) is 7.98. The number of fused-ring (bicyclic) bond motifs is 1. The summed E-state index contributed by atoms with van der Waals surface area (Å²) in [7, 11) is 0. The second kappa shape index (κ2) is 6.16. The molecular weight excluding hydrogens is 262 g/mol. The standard InChI is InChI=1S/C17H25N3O/c1-13(12-18)19-6-8-20(9-7-19)17(21)16-10-14-4-2-3-5-15(14)11-16/h2-5,13,16H,6-12,18H2,1H3. The summed E-state index contributed by atoms with van der Waals surface area (Å²) in [4.78, 5) is 17.1. The van der Waals surface area contributed by atoms with Gasteiger partial charge in [0, 0.05) is 44.7 Å². The van der Waals surface area contributed by atoms with Gasteiger partial charge in [-0.2, -0.15) is 0 Å². The molecule has 4 nitrogen and oxygen atoms in total. The number of rotatable bonds is 3. The molecule has 0 radical (unpaired) electrons. The molecule has 1 heterocycles. The van der Waals surface area contributed by atoms with Gasteiger partial charge in [-0.25, -0.2) is 0 Å². The number of hydrogen-bond donors (Lipinski definition) is 1. The van der Waals surface area contributed by atoms with Gasteiger partial charge >= 0.3 is 0 Å². The average molecular weight is 287 g/mol. The third-order valence-electron chi connectivity index (χ3n) is 4.99. The maximum atomic E-state index is 12.7. The molecule has 114 valence electrons. The molecule has 4 heteroatoms. The van der Waals surface area contributed by atoms with Crippen molar-refractivity contribution in [3.05, 3.63) is 35.4 Å². The van der Waals surface area contributed by atoms with E-state index in [1.807, 2.05) is 0 Å². The number of nitrogens with zero attached hydrogens (tertiary/aromatic N) is 2. The van der Waals surface area contributed by atoms with Crippen LogP contribution in [0.1, 0.15) is 18.1 Å². The molecule has 1 aromatic rings. The van der Waals surface area contributed by atoms with E-state index in [1.54, 1.807) is 0 Å². The molecule has 1 aromatic carbocycles. The first kappa shape index (κ1) is 14.5. The second-order valence-electron chi connectivity index (χ2n) is 6.32. The molecule has 0 spiro atoms. The predicted molar refractivity (Wildman–Crippen MR) is 84.0 cm³/mol. The van der Waals surface area contributed by atoms with E-state index in [0.29, 0.717) is 18.5 Å². The molecule has 1 amide bonds. The van der Waals surface area contributed by atoms with Gasteiger partial charge in [-0.05, 0) is 30.9 Å². The summed E-state index contributed by atoms with van der Waals surface area (Å²) in [6.45, 7) is 6.43. The highest BCUT2D eigenvalue weighted by molar-refractivity contribution is 5.80. The molecule has 1 aliphatic heterocycles. The van der Waals surface area contributed by atoms with E-state index in [1.165, 1.54) is 11.1 Å². The van der Waals surface area contributed by atoms with E-state index in [-0.39, 0.29) is 5.92 Å². The molecule has 1 unspecified atom stereocenters. The minimum Gasteiger partial charge on any atom is -0.340 e. The van der Waals surface area contributed by atoms with Gasteiger partial charge in [-0.15, -0.1) is 0 Å². The van der Waals surface area contributed by atoms with Gasteiger partial charge in [0.15, 0.2) is 0 Å². The highest BCUT2D eigenvalue weighted by Crippen LogP contribution is 2.28. The van der Waals surface area contributed by atoms with Crippen molar-refractivity contribution in [1.82, 2.24) is 9.80 Å². The van der Waals surface area contributed by atoms with Gasteiger partial charge in [0.1, 0.15) is 0 Å². The summed E-state index contributed by atoms with van der Waals surface area (Å²) >= 11 is 0. The van der Waals surface area contributed by atoms with Crippen LogP contribution in [0.3, 0.4) is 0 Å². The van der Waals surface area contributed by atoms with E-state index < -0.39 is 0 Å². The van der Waals surface area contributed by atoms with Crippen LogP contribution in [-0.2, 0) is 17.6 Å². The van der Waals surface area contributed by atoms with Crippen molar-refractivity contribution in [1.29, 1.82) is 0 Å². The van der Waals surface area contributed by atoms with Crippen molar-refractivity contribution in [3.8, 4) is 0 Å². The van der Waals surface area contributed by atoms with Crippen molar-refractivity contribution < 1.29 is 4.79 Å². The fourth-order valence-electron chi connectivity index (χ4n) is 3.52. The molecular formula is C17H25N3O. The first-order valence-corrected chi connectivity index (χ1v) is 7.98. The van der Waals surface area contributed by atoms with Crippen LogP contribution in [0, 0.1) is 5.92 Å². The normalized spacial score (nSPS) is 21.3. The van der Waals surface area contributed by atoms with Crippen molar-refractivity contribution in [2.24, 2.45) is 11.7 Å². The Bertz CT molecular complexity index is 484. The van der Waals surface area contributed by atoms with Crippen LogP contribution < -0.4 is 5.73 Å². The lowest BCUT2D eigenvalue weighted by molar-refractivity contribution is -0.137. The Hall–Kier alpha value is -1.39. The Morgan fingerprint density at radius 1 is 1.19 bits per heavy atom. The molecule has 21 heavy (non-hydrogen) atoms. The fraction of sp³-hybridized carbons (Fsp3) is 0.588. The minimum absolute atomic E-state index is 0.154. The molecule has 1 saturated heterocycles. The summed E-state index contributed by atoms with van der Waals surface area (Å²) in [6, 6.07) is 8.86. The quantitative estimate of drug-likeness (QED) is 0.898. The highest BCUT2D eigenvalue weighted by atomic mass is 16.2. The Balaban J connectivity index is 1.56. The van der Waals surface area contributed by atoms with Gasteiger partial charge < -0.3 is 10.6 Å². The minimum atomic E-state index is 0.154. The SMILES string of the molecule is CC(CN)N1CCN(C(=O)C2Cc3ccccc3C2)CC1. The van der Waals surface area contributed by atoms with E-state index in [2.05, 4.69) is 41.0 Å². The second-order valence-corrected chi connectivity index (χ2v) is 6.32. The number of carbonyl (C=O) groups is 1. The van der Waals surface area contributed by atoms with Crippen LogP contribution in [0.4, 0.5) is 0 Å². The van der Waals surface area contributed by atoms with Crippen LogP contribution in [0.15, 0.2) is 24.3 Å². The highest BCUT2D eigenvalue weighted by Gasteiger charge is 2.32. The topological polar surface area (TPSA) is 49.6 Å². The van der Waals surface area contributed by atoms with E-state index in [9.17, 15) is 4.79 Å². The smallest absolute Gasteiger partial charge is 0.226 e. The molecule has 2 N–H and O–H groups in total. The summed E-state index contributed by atoms with van der Waals surface area (Å²) in [5.41, 5.74) is 8.43. The lowest BCUT2D eigenvalue weighted by atomic mass is 10.0. The van der Waals surface area contributed by atoms with Crippen LogP contribution in [0.5, 0.6) is 0 Å². The Labute approximate surface area is 126 Å². The van der Waals surface area contributed by atoms with Crippen molar-refractivity contribution in [2.45, 2.75) is 25.8 Å². The van der Waals surface area contributed by atoms with Gasteiger partial charge in [-0.1, -0.05) is 24.3 Å². The van der Waals surface area contributed by atoms with E-state index >= 15 is 0 Å². The molecule has 3 rings (SSSR count). The molecule has 0 bridgehead atoms. The largest absolute Gasteiger partial charge is 0.340 e. The average Bonchev–Trinajstić information content (AvgIpc) is 2.97. The fourth-order valence-corrected chi connectivity index (χ4v) is 3.52. The van der Waals surface area contributed by atoms with Crippen molar-refractivity contribution >= 4 is 5.91 Å². The summed E-state index contributed by atoms with van der Waals surface area (Å²) in [6.07, 6.45) is 1.82. The lowest BCUT2D eigenvalue weighted by Gasteiger charge is -2.38. The van der Waals surface area contributed by atoms with Gasteiger partial charge in [-0.3, -0.25) is 9.69 Å². The molecule has 0 aromatic heterocycles. The van der Waals surface area contributed by atoms with Crippen LogP contribution >= 0.6 is 0 Å². The number of piperazine rings is 1. The van der Waals surface area contributed by atoms with Crippen molar-refractivity contribution in [2.75, 3.05) is 32.7 Å². The number of benzene rings is 1. The molecule has 1 fully saturated rings. The van der Waals surface area contributed by atoms with Gasteiger partial charge in [0.25, 0.3) is 0 Å². The zero-order valence-electron chi connectivity index (χ0n) is 12.8. The molecule has 0 saturated carbocycles. The van der Waals surface area contributed by atoms with Crippen LogP contribution in [0.2, 0.25) is 0 Å². The Kier molecular flexibility index (Phi) is 4.27. The first-order chi connectivity index (χ1) is 10.2. The maximum Gasteiger partial charge on any atom is 0.226 e. The van der Waals surface area contributed by atoms with Gasteiger partial charge in [0.2, 0.25) is 5.91 Å². The summed E-state index contributed by atoms with van der Waals surface area (Å²) in [5.74, 6) is 0.493. The third kappa shape index (κ3) is 2.97. The Morgan fingerprint density at radius 2 is 1.76 bits per heavy atom. The van der Waals surface area contributed by atoms with E-state index in [0.717, 1.165) is 39.0 Å². The Morgan fingerprint density at radius 3 is 2.29 bits per heavy atom. The maximum absolute atomic E-state index is 12.7. The number of nitrogens with two attached hydrogens (primary N) is 1. The number of hydrogen-bond acceptors (Lipinski definition) is 3.